The molecule has 2 aromatic rings. The minimum atomic E-state index is -0.101. The van der Waals surface area contributed by atoms with Gasteiger partial charge in [0.1, 0.15) is 11.9 Å². The molecule has 7 nitrogen and oxygen atoms in total. The molecule has 0 bridgehead atoms. The van der Waals surface area contributed by atoms with Crippen molar-refractivity contribution in [2.45, 2.75) is 65.3 Å². The Labute approximate surface area is 208 Å². The summed E-state index contributed by atoms with van der Waals surface area (Å²) >= 11 is 0. The second-order valence-electron chi connectivity index (χ2n) is 10.0. The van der Waals surface area contributed by atoms with Crippen molar-refractivity contribution in [2.24, 2.45) is 0 Å². The van der Waals surface area contributed by atoms with Crippen LogP contribution < -0.4 is 5.32 Å². The quantitative estimate of drug-likeness (QED) is 0.682. The number of benzene rings is 1. The topological polar surface area (TPSA) is 81.4 Å². The van der Waals surface area contributed by atoms with E-state index in [-0.39, 0.29) is 18.4 Å². The molecule has 2 heterocycles. The van der Waals surface area contributed by atoms with E-state index < -0.39 is 0 Å². The van der Waals surface area contributed by atoms with Crippen LogP contribution in [0.5, 0.6) is 0 Å². The summed E-state index contributed by atoms with van der Waals surface area (Å²) in [5.74, 6) is 0.695. The van der Waals surface area contributed by atoms with E-state index >= 15 is 0 Å². The van der Waals surface area contributed by atoms with Gasteiger partial charge >= 0.3 is 0 Å². The lowest BCUT2D eigenvalue weighted by atomic mass is 9.95. The summed E-state index contributed by atoms with van der Waals surface area (Å²) in [5.41, 5.74) is 4.81. The maximum atomic E-state index is 13.0. The van der Waals surface area contributed by atoms with Gasteiger partial charge in [0, 0.05) is 37.9 Å². The highest BCUT2D eigenvalue weighted by molar-refractivity contribution is 5.93. The number of hydrogen-bond donors (Lipinski definition) is 1. The fourth-order valence-corrected chi connectivity index (χ4v) is 5.50. The lowest BCUT2D eigenvalue weighted by Gasteiger charge is -2.34. The second-order valence-corrected chi connectivity index (χ2v) is 10.0. The number of rotatable bonds is 6. The molecule has 2 amide bonds. The van der Waals surface area contributed by atoms with E-state index in [4.69, 9.17) is 0 Å². The van der Waals surface area contributed by atoms with Crippen LogP contribution in [0, 0.1) is 32.1 Å². The van der Waals surface area contributed by atoms with Gasteiger partial charge in [0.15, 0.2) is 0 Å². The number of carbonyl (C=O) groups is 2. The largest absolute Gasteiger partial charge is 0.340 e. The molecule has 1 N–H and O–H groups in total. The highest BCUT2D eigenvalue weighted by Crippen LogP contribution is 2.36. The molecule has 0 unspecified atom stereocenters. The highest BCUT2D eigenvalue weighted by Gasteiger charge is 2.27. The summed E-state index contributed by atoms with van der Waals surface area (Å²) < 4.78 is 2.20. The number of aromatic nitrogens is 1. The summed E-state index contributed by atoms with van der Waals surface area (Å²) in [6.45, 7) is 8.89. The van der Waals surface area contributed by atoms with Gasteiger partial charge in [-0.15, -0.1) is 0 Å². The van der Waals surface area contributed by atoms with Gasteiger partial charge in [-0.1, -0.05) is 43.5 Å². The zero-order chi connectivity index (χ0) is 24.9. The Morgan fingerprint density at radius 1 is 1.03 bits per heavy atom. The first-order chi connectivity index (χ1) is 16.9. The fourth-order valence-electron chi connectivity index (χ4n) is 5.50. The molecule has 0 radical (unpaired) electrons. The van der Waals surface area contributed by atoms with Gasteiger partial charge in [0.25, 0.3) is 0 Å². The van der Waals surface area contributed by atoms with Crippen molar-refractivity contribution in [3.63, 3.8) is 0 Å². The zero-order valence-electron chi connectivity index (χ0n) is 21.3. The van der Waals surface area contributed by atoms with E-state index in [1.165, 1.54) is 19.3 Å². The van der Waals surface area contributed by atoms with Crippen LogP contribution in [0.25, 0.3) is 0 Å². The number of carbonyl (C=O) groups excluding carboxylic acids is 2. The Balaban J connectivity index is 1.35. The molecule has 0 spiro atoms. The van der Waals surface area contributed by atoms with Crippen molar-refractivity contribution in [3.8, 4) is 6.07 Å². The van der Waals surface area contributed by atoms with Crippen molar-refractivity contribution in [2.75, 3.05) is 38.0 Å². The van der Waals surface area contributed by atoms with Crippen LogP contribution in [0.3, 0.4) is 0 Å². The number of anilines is 1. The number of amides is 2. The number of aryl methyl sites for hydroxylation is 1. The van der Waals surface area contributed by atoms with Crippen molar-refractivity contribution in [3.05, 3.63) is 52.2 Å². The maximum Gasteiger partial charge on any atom is 0.239 e. The number of nitriles is 1. The standard InChI is InChI=1S/C28H37N5O2/c1-20-9-7-8-10-23(20)17-27(35)32-15-13-31(14-16-32)19-26(34)30-28-25(18-29)21(2)22(3)33(28)24-11-5-4-6-12-24/h7-10,24H,4-6,11-17,19H2,1-3H3,(H,30,34). The Hall–Kier alpha value is -3.11. The first-order valence-corrected chi connectivity index (χ1v) is 12.8. The number of nitrogens with one attached hydrogen (secondary N) is 1. The van der Waals surface area contributed by atoms with Gasteiger partial charge in [-0.3, -0.25) is 14.5 Å². The molecular formula is C28H37N5O2. The van der Waals surface area contributed by atoms with Gasteiger partial charge in [0.2, 0.25) is 11.8 Å². The smallest absolute Gasteiger partial charge is 0.239 e. The minimum absolute atomic E-state index is 0.101. The van der Waals surface area contributed by atoms with Gasteiger partial charge in [-0.05, 0) is 50.3 Å². The number of nitrogens with zero attached hydrogens (tertiary/aromatic N) is 4. The predicted octanol–water partition coefficient (Wildman–Crippen LogP) is 4.12. The summed E-state index contributed by atoms with van der Waals surface area (Å²) in [6.07, 6.45) is 6.21. The Bertz CT molecular complexity index is 1120. The molecule has 1 aliphatic carbocycles. The van der Waals surface area contributed by atoms with E-state index in [9.17, 15) is 14.9 Å². The predicted molar refractivity (Wildman–Crippen MR) is 137 cm³/mol. The third-order valence-electron chi connectivity index (χ3n) is 7.76. The van der Waals surface area contributed by atoms with Crippen LogP contribution in [-0.4, -0.2) is 58.9 Å². The Kier molecular flexibility index (Phi) is 7.92. The third-order valence-corrected chi connectivity index (χ3v) is 7.76. The maximum absolute atomic E-state index is 13.0. The van der Waals surface area contributed by atoms with Crippen LogP contribution in [0.1, 0.15) is 66.1 Å². The second kappa shape index (κ2) is 11.1. The molecule has 1 saturated heterocycles. The third kappa shape index (κ3) is 5.59. The molecule has 4 rings (SSSR count). The van der Waals surface area contributed by atoms with Crippen molar-refractivity contribution in [1.29, 1.82) is 5.26 Å². The van der Waals surface area contributed by atoms with E-state index in [2.05, 4.69) is 20.9 Å². The summed E-state index contributed by atoms with van der Waals surface area (Å²) in [6, 6.07) is 10.7. The van der Waals surface area contributed by atoms with Gasteiger partial charge in [0.05, 0.1) is 18.5 Å². The highest BCUT2D eigenvalue weighted by atomic mass is 16.2. The Morgan fingerprint density at radius 2 is 1.71 bits per heavy atom. The molecule has 1 aromatic heterocycles. The lowest BCUT2D eigenvalue weighted by Crippen LogP contribution is -2.50. The van der Waals surface area contributed by atoms with Crippen LogP contribution >= 0.6 is 0 Å². The molecule has 35 heavy (non-hydrogen) atoms. The first kappa shape index (κ1) is 25.0. The van der Waals surface area contributed by atoms with E-state index in [0.717, 1.165) is 35.2 Å². The minimum Gasteiger partial charge on any atom is -0.340 e. The fraction of sp³-hybridized carbons (Fsp3) is 0.536. The van der Waals surface area contributed by atoms with Gasteiger partial charge < -0.3 is 14.8 Å². The van der Waals surface area contributed by atoms with Gasteiger partial charge in [-0.25, -0.2) is 0 Å². The SMILES string of the molecule is Cc1ccccc1CC(=O)N1CCN(CC(=O)Nc2c(C#N)c(C)c(C)n2C2CCCCC2)CC1. The van der Waals surface area contributed by atoms with Crippen LogP contribution in [-0.2, 0) is 16.0 Å². The monoisotopic (exact) mass is 475 g/mol. The van der Waals surface area contributed by atoms with Crippen molar-refractivity contribution >= 4 is 17.6 Å². The Morgan fingerprint density at radius 3 is 2.37 bits per heavy atom. The molecular weight excluding hydrogens is 438 g/mol. The average molecular weight is 476 g/mol. The molecule has 2 fully saturated rings. The molecule has 2 aliphatic rings. The number of piperazine rings is 1. The molecule has 186 valence electrons. The van der Waals surface area contributed by atoms with E-state index in [1.807, 2.05) is 49.9 Å². The molecule has 1 aromatic carbocycles. The summed E-state index contributed by atoms with van der Waals surface area (Å²) in [5, 5.41) is 12.9. The van der Waals surface area contributed by atoms with Crippen molar-refractivity contribution < 1.29 is 9.59 Å². The number of hydrogen-bond acceptors (Lipinski definition) is 4. The van der Waals surface area contributed by atoms with Crippen molar-refractivity contribution in [1.82, 2.24) is 14.4 Å². The molecule has 1 aliphatic heterocycles. The lowest BCUT2D eigenvalue weighted by molar-refractivity contribution is -0.132. The summed E-state index contributed by atoms with van der Waals surface area (Å²) in [7, 11) is 0. The zero-order valence-corrected chi connectivity index (χ0v) is 21.3. The van der Waals surface area contributed by atoms with Crippen LogP contribution in [0.15, 0.2) is 24.3 Å². The molecule has 1 saturated carbocycles. The van der Waals surface area contributed by atoms with E-state index in [0.29, 0.717) is 50.0 Å². The summed E-state index contributed by atoms with van der Waals surface area (Å²) in [4.78, 5) is 29.8. The normalized spacial score (nSPS) is 17.3. The first-order valence-electron chi connectivity index (χ1n) is 12.8. The van der Waals surface area contributed by atoms with Crippen LogP contribution in [0.4, 0.5) is 5.82 Å². The molecule has 0 atom stereocenters. The van der Waals surface area contributed by atoms with E-state index in [1.54, 1.807) is 0 Å². The van der Waals surface area contributed by atoms with Crippen LogP contribution in [0.2, 0.25) is 0 Å². The molecule has 7 heteroatoms. The van der Waals surface area contributed by atoms with Gasteiger partial charge in [-0.2, -0.15) is 5.26 Å². The average Bonchev–Trinajstić information content (AvgIpc) is 3.09.